The first kappa shape index (κ1) is 16.7. The van der Waals surface area contributed by atoms with Gasteiger partial charge < -0.3 is 9.15 Å². The summed E-state index contributed by atoms with van der Waals surface area (Å²) in [4.78, 5) is 36.1. The van der Waals surface area contributed by atoms with E-state index in [1.807, 2.05) is 18.2 Å². The minimum absolute atomic E-state index is 0.136. The number of hydrogen-bond acceptors (Lipinski definition) is 6. The third kappa shape index (κ3) is 3.35. The van der Waals surface area contributed by atoms with Gasteiger partial charge in [-0.3, -0.25) is 14.4 Å². The summed E-state index contributed by atoms with van der Waals surface area (Å²) in [5.41, 5.74) is 0.644. The Morgan fingerprint density at radius 1 is 1.04 bits per heavy atom. The molecule has 2 heterocycles. The predicted octanol–water partition coefficient (Wildman–Crippen LogP) is 2.64. The largest absolute Gasteiger partial charge is 0.457 e. The lowest BCUT2D eigenvalue weighted by molar-refractivity contribution is -0.141. The molecule has 0 bridgehead atoms. The van der Waals surface area contributed by atoms with Gasteiger partial charge in [-0.05, 0) is 18.2 Å². The number of carbonyl (C=O) groups excluding carboxylic acids is 2. The molecule has 0 atom stereocenters. The van der Waals surface area contributed by atoms with Gasteiger partial charge in [0.25, 0.3) is 5.56 Å². The molecule has 134 valence electrons. The van der Waals surface area contributed by atoms with Gasteiger partial charge in [0.05, 0.1) is 17.5 Å². The molecule has 7 heteroatoms. The minimum atomic E-state index is -0.621. The summed E-state index contributed by atoms with van der Waals surface area (Å²) < 4.78 is 10.5. The lowest BCUT2D eigenvalue weighted by atomic mass is 10.1. The number of para-hydroxylation sites is 1. The Hall–Kier alpha value is -3.74. The average molecular weight is 362 g/mol. The van der Waals surface area contributed by atoms with E-state index in [0.717, 1.165) is 5.39 Å². The lowest BCUT2D eigenvalue weighted by Crippen LogP contribution is -2.18. The fraction of sp³-hybridized carbons (Fsp3) is 0.100. The Balaban J connectivity index is 1.45. The van der Waals surface area contributed by atoms with Gasteiger partial charge in [-0.2, -0.15) is 5.10 Å². The molecule has 0 spiro atoms. The quantitative estimate of drug-likeness (QED) is 0.432. The van der Waals surface area contributed by atoms with Crippen molar-refractivity contribution in [1.29, 1.82) is 0 Å². The number of carbonyl (C=O) groups is 2. The van der Waals surface area contributed by atoms with Crippen molar-refractivity contribution in [2.45, 2.75) is 6.42 Å². The molecule has 27 heavy (non-hydrogen) atoms. The summed E-state index contributed by atoms with van der Waals surface area (Å²) in [6, 6.07) is 15.7. The zero-order valence-corrected chi connectivity index (χ0v) is 14.1. The molecule has 0 amide bonds. The highest BCUT2D eigenvalue weighted by molar-refractivity contribution is 5.99. The SMILES string of the molecule is O=C(Cc1n[nH]c(=O)c2ccccc12)OCC(=O)c1cc2ccccc2o1. The van der Waals surface area contributed by atoms with E-state index in [4.69, 9.17) is 9.15 Å². The van der Waals surface area contributed by atoms with Crippen LogP contribution in [0.25, 0.3) is 21.7 Å². The molecule has 0 aliphatic heterocycles. The number of rotatable bonds is 5. The van der Waals surface area contributed by atoms with Gasteiger partial charge in [0, 0.05) is 10.8 Å². The van der Waals surface area contributed by atoms with E-state index in [0.29, 0.717) is 22.0 Å². The third-order valence-electron chi connectivity index (χ3n) is 4.15. The summed E-state index contributed by atoms with van der Waals surface area (Å²) in [6.45, 7) is -0.431. The highest BCUT2D eigenvalue weighted by Crippen LogP contribution is 2.19. The van der Waals surface area contributed by atoms with E-state index in [1.165, 1.54) is 0 Å². The molecule has 2 aromatic carbocycles. The van der Waals surface area contributed by atoms with Crippen LogP contribution in [0.4, 0.5) is 0 Å². The summed E-state index contributed by atoms with van der Waals surface area (Å²) in [5.74, 6) is -0.917. The van der Waals surface area contributed by atoms with Crippen LogP contribution in [-0.4, -0.2) is 28.6 Å². The number of aromatic amines is 1. The van der Waals surface area contributed by atoms with Crippen molar-refractivity contribution in [3.05, 3.63) is 76.4 Å². The predicted molar refractivity (Wildman–Crippen MR) is 97.6 cm³/mol. The summed E-state index contributed by atoms with van der Waals surface area (Å²) >= 11 is 0. The normalized spacial score (nSPS) is 11.0. The van der Waals surface area contributed by atoms with Crippen LogP contribution < -0.4 is 5.56 Å². The molecule has 0 radical (unpaired) electrons. The van der Waals surface area contributed by atoms with Crippen molar-refractivity contribution in [2.75, 3.05) is 6.61 Å². The van der Waals surface area contributed by atoms with Crippen molar-refractivity contribution in [3.63, 3.8) is 0 Å². The number of ketones is 1. The molecule has 0 unspecified atom stereocenters. The molecule has 0 saturated heterocycles. The second-order valence-corrected chi connectivity index (χ2v) is 5.95. The Morgan fingerprint density at radius 3 is 2.59 bits per heavy atom. The summed E-state index contributed by atoms with van der Waals surface area (Å²) in [7, 11) is 0. The van der Waals surface area contributed by atoms with Crippen molar-refractivity contribution in [1.82, 2.24) is 10.2 Å². The molecular weight excluding hydrogens is 348 g/mol. The Bertz CT molecular complexity index is 1190. The fourth-order valence-corrected chi connectivity index (χ4v) is 2.83. The van der Waals surface area contributed by atoms with E-state index in [-0.39, 0.29) is 17.7 Å². The van der Waals surface area contributed by atoms with Crippen LogP contribution in [0, 0.1) is 0 Å². The van der Waals surface area contributed by atoms with Crippen molar-refractivity contribution in [2.24, 2.45) is 0 Å². The van der Waals surface area contributed by atoms with Gasteiger partial charge in [-0.1, -0.05) is 36.4 Å². The third-order valence-corrected chi connectivity index (χ3v) is 4.15. The number of nitrogens with one attached hydrogen (secondary N) is 1. The van der Waals surface area contributed by atoms with Crippen LogP contribution in [0.3, 0.4) is 0 Å². The van der Waals surface area contributed by atoms with E-state index in [2.05, 4.69) is 10.2 Å². The maximum atomic E-state index is 12.2. The van der Waals surface area contributed by atoms with Crippen molar-refractivity contribution < 1.29 is 18.7 Å². The Morgan fingerprint density at radius 2 is 1.78 bits per heavy atom. The highest BCUT2D eigenvalue weighted by Gasteiger charge is 2.16. The van der Waals surface area contributed by atoms with Crippen LogP contribution in [0.15, 0.2) is 63.8 Å². The monoisotopic (exact) mass is 362 g/mol. The van der Waals surface area contributed by atoms with Crippen LogP contribution >= 0.6 is 0 Å². The van der Waals surface area contributed by atoms with E-state index in [1.54, 1.807) is 36.4 Å². The zero-order chi connectivity index (χ0) is 18.8. The van der Waals surface area contributed by atoms with Crippen LogP contribution in [0.5, 0.6) is 0 Å². The maximum absolute atomic E-state index is 12.2. The van der Waals surface area contributed by atoms with Crippen LogP contribution in [-0.2, 0) is 16.0 Å². The molecule has 0 aliphatic carbocycles. The molecule has 0 fully saturated rings. The van der Waals surface area contributed by atoms with Gasteiger partial charge in [0.15, 0.2) is 12.4 Å². The zero-order valence-electron chi connectivity index (χ0n) is 14.1. The molecule has 4 aromatic rings. The van der Waals surface area contributed by atoms with Gasteiger partial charge in [0.2, 0.25) is 5.78 Å². The fourth-order valence-electron chi connectivity index (χ4n) is 2.83. The number of aromatic nitrogens is 2. The Kier molecular flexibility index (Phi) is 4.25. The van der Waals surface area contributed by atoms with E-state index >= 15 is 0 Å². The van der Waals surface area contributed by atoms with Gasteiger partial charge in [-0.25, -0.2) is 5.10 Å². The van der Waals surface area contributed by atoms with Gasteiger partial charge >= 0.3 is 5.97 Å². The smallest absolute Gasteiger partial charge is 0.312 e. The first-order valence-electron chi connectivity index (χ1n) is 8.25. The first-order valence-corrected chi connectivity index (χ1v) is 8.25. The number of benzene rings is 2. The van der Waals surface area contributed by atoms with Gasteiger partial charge in [0.1, 0.15) is 5.58 Å². The molecule has 7 nitrogen and oxygen atoms in total. The lowest BCUT2D eigenvalue weighted by Gasteiger charge is -2.05. The number of furan rings is 1. The van der Waals surface area contributed by atoms with Gasteiger partial charge in [-0.15, -0.1) is 0 Å². The number of H-pyrrole nitrogens is 1. The first-order chi connectivity index (χ1) is 13.1. The highest BCUT2D eigenvalue weighted by atomic mass is 16.5. The molecular formula is C20H14N2O5. The molecule has 2 aromatic heterocycles. The Labute approximate surface area is 152 Å². The average Bonchev–Trinajstić information content (AvgIpc) is 3.13. The number of ether oxygens (including phenoxy) is 1. The molecule has 0 saturated carbocycles. The molecule has 4 rings (SSSR count). The van der Waals surface area contributed by atoms with Crippen molar-refractivity contribution >= 4 is 33.5 Å². The topological polar surface area (TPSA) is 102 Å². The second-order valence-electron chi connectivity index (χ2n) is 5.95. The maximum Gasteiger partial charge on any atom is 0.312 e. The number of fused-ring (bicyclic) bond motifs is 2. The van der Waals surface area contributed by atoms with Crippen molar-refractivity contribution in [3.8, 4) is 0 Å². The van der Waals surface area contributed by atoms with E-state index < -0.39 is 18.4 Å². The standard InChI is InChI=1S/C20H14N2O5/c23-16(18-9-12-5-1-4-8-17(12)27-18)11-26-19(24)10-15-13-6-2-3-7-14(13)20(25)22-21-15/h1-9H,10-11H2,(H,22,25). The summed E-state index contributed by atoms with van der Waals surface area (Å²) in [6.07, 6.45) is -0.162. The molecule has 1 N–H and O–H groups in total. The van der Waals surface area contributed by atoms with Crippen LogP contribution in [0.1, 0.15) is 16.2 Å². The summed E-state index contributed by atoms with van der Waals surface area (Å²) in [5, 5.41) is 8.09. The number of nitrogens with zero attached hydrogens (tertiary/aromatic N) is 1. The molecule has 0 aliphatic rings. The number of Topliss-reactive ketones (excluding diaryl/α,β-unsaturated/α-hetero) is 1. The number of hydrogen-bond donors (Lipinski definition) is 1. The van der Waals surface area contributed by atoms with E-state index in [9.17, 15) is 14.4 Å². The second kappa shape index (κ2) is 6.87. The number of esters is 1. The van der Waals surface area contributed by atoms with Crippen LogP contribution in [0.2, 0.25) is 0 Å². The minimum Gasteiger partial charge on any atom is -0.457 e.